The van der Waals surface area contributed by atoms with E-state index in [9.17, 15) is 9.59 Å². The van der Waals surface area contributed by atoms with Crippen LogP contribution < -0.4 is 25.0 Å². The van der Waals surface area contributed by atoms with Gasteiger partial charge in [-0.3, -0.25) is 14.7 Å². The molecule has 0 bridgehead atoms. The van der Waals surface area contributed by atoms with Crippen molar-refractivity contribution in [1.82, 2.24) is 20.1 Å². The third-order valence-corrected chi connectivity index (χ3v) is 6.69. The Morgan fingerprint density at radius 1 is 1.12 bits per heavy atom. The van der Waals surface area contributed by atoms with E-state index < -0.39 is 17.2 Å². The topological polar surface area (TPSA) is 111 Å². The van der Waals surface area contributed by atoms with Gasteiger partial charge in [0.25, 0.3) is 0 Å². The van der Waals surface area contributed by atoms with Crippen LogP contribution in [-0.4, -0.2) is 58.3 Å². The van der Waals surface area contributed by atoms with Crippen LogP contribution in [0.2, 0.25) is 0 Å². The molecule has 11 heteroatoms. The summed E-state index contributed by atoms with van der Waals surface area (Å²) in [7, 11) is 0. The van der Waals surface area contributed by atoms with Crippen LogP contribution in [-0.2, 0) is 4.79 Å². The second kappa shape index (κ2) is 8.89. The highest BCUT2D eigenvalue weighted by atomic mass is 32.2. The number of urea groups is 1. The molecule has 10 nitrogen and oxygen atoms in total. The molecule has 2 aromatic rings. The number of hydrogen-bond acceptors (Lipinski definition) is 8. The lowest BCUT2D eigenvalue weighted by atomic mass is 10.2. The van der Waals surface area contributed by atoms with Gasteiger partial charge in [-0.1, -0.05) is 11.8 Å². The summed E-state index contributed by atoms with van der Waals surface area (Å²) in [5.74, 6) is 1.71. The number of carbonyl (C=O) groups is 2. The van der Waals surface area contributed by atoms with Crippen LogP contribution in [0.4, 0.5) is 16.4 Å². The number of imide groups is 1. The molecule has 32 heavy (non-hydrogen) atoms. The molecule has 1 aliphatic carbocycles. The highest BCUT2D eigenvalue weighted by molar-refractivity contribution is 8.00. The van der Waals surface area contributed by atoms with Gasteiger partial charge in [0.1, 0.15) is 13.2 Å². The number of hydrogen-bond donors (Lipinski definition) is 2. The Morgan fingerprint density at radius 2 is 1.88 bits per heavy atom. The summed E-state index contributed by atoms with van der Waals surface area (Å²) in [6.45, 7) is 4.70. The third-order valence-electron chi connectivity index (χ3n) is 5.64. The zero-order chi connectivity index (χ0) is 22.1. The predicted molar refractivity (Wildman–Crippen MR) is 120 cm³/mol. The fourth-order valence-electron chi connectivity index (χ4n) is 3.84. The number of rotatable bonds is 6. The van der Waals surface area contributed by atoms with Gasteiger partial charge in [0, 0.05) is 30.9 Å². The number of thioether (sulfide) groups is 1. The number of nitrogens with zero attached hydrogens (tertiary/aromatic N) is 4. The van der Waals surface area contributed by atoms with E-state index in [4.69, 9.17) is 9.47 Å². The Kier molecular flexibility index (Phi) is 5.81. The van der Waals surface area contributed by atoms with Crippen LogP contribution >= 0.6 is 11.8 Å². The first-order chi connectivity index (χ1) is 15.6. The highest BCUT2D eigenvalue weighted by Gasteiger charge is 2.33. The van der Waals surface area contributed by atoms with Gasteiger partial charge < -0.3 is 19.7 Å². The number of anilines is 2. The number of fused-ring (bicyclic) bond motifs is 1. The maximum Gasteiger partial charge on any atom is 0.325 e. The smallest absolute Gasteiger partial charge is 0.325 e. The second-order valence-corrected chi connectivity index (χ2v) is 9.45. The summed E-state index contributed by atoms with van der Waals surface area (Å²) in [5, 5.41) is 14.1. The van der Waals surface area contributed by atoms with E-state index >= 15 is 0 Å². The van der Waals surface area contributed by atoms with Gasteiger partial charge in [-0.2, -0.15) is 0 Å². The van der Waals surface area contributed by atoms with Crippen molar-refractivity contribution in [2.24, 2.45) is 0 Å². The quantitative estimate of drug-likeness (QED) is 0.636. The summed E-state index contributed by atoms with van der Waals surface area (Å²) in [4.78, 5) is 27.2. The second-order valence-electron chi connectivity index (χ2n) is 8.14. The van der Waals surface area contributed by atoms with Gasteiger partial charge >= 0.3 is 6.03 Å². The Labute approximate surface area is 190 Å². The fraction of sp³-hybridized carbons (Fsp3) is 0.524. The highest BCUT2D eigenvalue weighted by Crippen LogP contribution is 2.42. The lowest BCUT2D eigenvalue weighted by molar-refractivity contribution is -0.119. The molecule has 0 unspecified atom stereocenters. The van der Waals surface area contributed by atoms with Crippen LogP contribution in [0.15, 0.2) is 23.4 Å². The first-order valence-electron chi connectivity index (χ1n) is 11.0. The molecule has 170 valence electrons. The molecule has 1 saturated heterocycles. The number of carbonyl (C=O) groups excluding carboxylic acids is 2. The van der Waals surface area contributed by atoms with E-state index in [2.05, 4.69) is 30.3 Å². The fourth-order valence-corrected chi connectivity index (χ4v) is 4.76. The summed E-state index contributed by atoms with van der Waals surface area (Å²) in [5.41, 5.74) is 0.517. The normalized spacial score (nSPS) is 18.3. The van der Waals surface area contributed by atoms with Crippen molar-refractivity contribution in [3.8, 4) is 11.5 Å². The summed E-state index contributed by atoms with van der Waals surface area (Å²) in [6, 6.07) is 4.91. The summed E-state index contributed by atoms with van der Waals surface area (Å²) in [6.07, 6.45) is 4.53. The summed E-state index contributed by atoms with van der Waals surface area (Å²) >= 11 is 1.33. The molecule has 2 fully saturated rings. The van der Waals surface area contributed by atoms with Crippen LogP contribution in [0, 0.1) is 0 Å². The van der Waals surface area contributed by atoms with Crippen LogP contribution in [0.5, 0.6) is 11.5 Å². The Hall–Kier alpha value is -2.95. The molecule has 0 spiro atoms. The van der Waals surface area contributed by atoms with E-state index in [1.54, 1.807) is 25.1 Å². The number of amides is 3. The molecule has 1 atom stereocenters. The van der Waals surface area contributed by atoms with Gasteiger partial charge in [-0.05, 0) is 44.7 Å². The molecule has 3 heterocycles. The Bertz CT molecular complexity index is 1020. The first-order valence-corrected chi connectivity index (χ1v) is 11.8. The third kappa shape index (κ3) is 4.47. The number of ether oxygens (including phenoxy) is 2. The van der Waals surface area contributed by atoms with Crippen molar-refractivity contribution in [3.05, 3.63) is 18.2 Å². The minimum absolute atomic E-state index is 0.391. The predicted octanol–water partition coefficient (Wildman–Crippen LogP) is 2.81. The molecular weight excluding hydrogens is 432 g/mol. The lowest BCUT2D eigenvalue weighted by Gasteiger charge is -2.19. The van der Waals surface area contributed by atoms with E-state index in [-0.39, 0.29) is 0 Å². The molecule has 1 aromatic carbocycles. The van der Waals surface area contributed by atoms with E-state index in [1.807, 2.05) is 0 Å². The largest absolute Gasteiger partial charge is 0.486 e. The zero-order valence-corrected chi connectivity index (χ0v) is 18.7. The van der Waals surface area contributed by atoms with E-state index in [0.717, 1.165) is 49.9 Å². The zero-order valence-electron chi connectivity index (χ0n) is 17.9. The Balaban J connectivity index is 1.19. The molecule has 2 aliphatic heterocycles. The number of benzene rings is 1. The minimum atomic E-state index is -0.597. The SMILES string of the molecule is C[C@@H](Sc1nnc(N2CCCC2)n1C1CC1)C(=O)NC(=O)Nc1ccc2c(c1)OCCO2. The van der Waals surface area contributed by atoms with Crippen molar-refractivity contribution in [2.75, 3.05) is 36.5 Å². The average Bonchev–Trinajstić information content (AvgIpc) is 3.30. The summed E-state index contributed by atoms with van der Waals surface area (Å²) < 4.78 is 13.2. The standard InChI is InChI=1S/C21H26N6O4S/c1-13(32-21-25-24-20(26-8-2-3-9-26)27(21)15-5-6-15)18(28)23-19(29)22-14-4-7-16-17(12-14)31-11-10-30-16/h4,7,12-13,15H,2-3,5-6,8-11H2,1H3,(H2,22,23,28,29)/t13-/m1/s1. The lowest BCUT2D eigenvalue weighted by Crippen LogP contribution is -2.39. The van der Waals surface area contributed by atoms with Crippen molar-refractivity contribution in [3.63, 3.8) is 0 Å². The molecular formula is C21H26N6O4S. The van der Waals surface area contributed by atoms with Gasteiger partial charge in [-0.15, -0.1) is 10.2 Å². The number of aromatic nitrogens is 3. The monoisotopic (exact) mass is 458 g/mol. The molecule has 3 amide bonds. The van der Waals surface area contributed by atoms with E-state index in [0.29, 0.717) is 36.4 Å². The van der Waals surface area contributed by atoms with Crippen molar-refractivity contribution < 1.29 is 19.1 Å². The molecule has 3 aliphatic rings. The first kappa shape index (κ1) is 20.9. The van der Waals surface area contributed by atoms with Crippen LogP contribution in [0.1, 0.15) is 38.6 Å². The van der Waals surface area contributed by atoms with Crippen molar-refractivity contribution in [1.29, 1.82) is 0 Å². The molecule has 2 N–H and O–H groups in total. The van der Waals surface area contributed by atoms with Gasteiger partial charge in [0.15, 0.2) is 16.7 Å². The maximum absolute atomic E-state index is 12.6. The van der Waals surface area contributed by atoms with Crippen molar-refractivity contribution >= 4 is 35.3 Å². The van der Waals surface area contributed by atoms with Crippen LogP contribution in [0.25, 0.3) is 0 Å². The average molecular weight is 459 g/mol. The molecule has 1 saturated carbocycles. The van der Waals surface area contributed by atoms with Gasteiger partial charge in [0.05, 0.1) is 5.25 Å². The van der Waals surface area contributed by atoms with Gasteiger partial charge in [-0.25, -0.2) is 4.79 Å². The minimum Gasteiger partial charge on any atom is -0.486 e. The van der Waals surface area contributed by atoms with Gasteiger partial charge in [0.2, 0.25) is 11.9 Å². The van der Waals surface area contributed by atoms with Crippen molar-refractivity contribution in [2.45, 2.75) is 49.1 Å². The number of nitrogens with one attached hydrogen (secondary N) is 2. The molecule has 0 radical (unpaired) electrons. The van der Waals surface area contributed by atoms with Crippen LogP contribution in [0.3, 0.4) is 0 Å². The Morgan fingerprint density at radius 3 is 2.62 bits per heavy atom. The maximum atomic E-state index is 12.6. The molecule has 5 rings (SSSR count). The molecule has 1 aromatic heterocycles. The van der Waals surface area contributed by atoms with E-state index in [1.165, 1.54) is 11.8 Å².